The van der Waals surface area contributed by atoms with Gasteiger partial charge in [0.2, 0.25) is 5.91 Å². The molecule has 1 heterocycles. The van der Waals surface area contributed by atoms with Crippen molar-refractivity contribution in [2.45, 2.75) is 52.6 Å². The molecule has 0 bridgehead atoms. The van der Waals surface area contributed by atoms with Crippen molar-refractivity contribution >= 4 is 28.7 Å². The molecule has 4 rings (SSSR count). The fourth-order valence-electron chi connectivity index (χ4n) is 5.05. The first-order valence-electron chi connectivity index (χ1n) is 13.1. The minimum Gasteiger partial charge on any atom is -0.497 e. The number of hydrogen-bond acceptors (Lipinski definition) is 4. The highest BCUT2D eigenvalue weighted by Gasteiger charge is 2.32. The summed E-state index contributed by atoms with van der Waals surface area (Å²) < 4.78 is 5.26. The molecular weight excluding hydrogens is 458 g/mol. The molecule has 2 N–H and O–H groups in total. The van der Waals surface area contributed by atoms with Crippen molar-refractivity contribution in [2.24, 2.45) is 5.92 Å². The molecule has 5 heteroatoms. The normalized spacial score (nSPS) is 16.8. The Labute approximate surface area is 221 Å². The van der Waals surface area contributed by atoms with Crippen molar-refractivity contribution < 1.29 is 9.53 Å². The summed E-state index contributed by atoms with van der Waals surface area (Å²) in [7, 11) is 1.63. The van der Waals surface area contributed by atoms with Gasteiger partial charge < -0.3 is 20.3 Å². The number of benzene rings is 3. The van der Waals surface area contributed by atoms with Crippen LogP contribution < -0.4 is 15.5 Å². The number of fused-ring (bicyclic) bond motifs is 1. The molecule has 194 valence electrons. The molecule has 0 spiro atoms. The van der Waals surface area contributed by atoms with Crippen LogP contribution in [0.5, 0.6) is 0 Å². The smallest absolute Gasteiger partial charge is 0.224 e. The zero-order valence-electron chi connectivity index (χ0n) is 22.7. The lowest BCUT2D eigenvalue weighted by atomic mass is 9.88. The first-order valence-corrected chi connectivity index (χ1v) is 13.1. The van der Waals surface area contributed by atoms with Gasteiger partial charge in [-0.1, -0.05) is 38.6 Å². The number of nitrogens with zero attached hydrogens (tertiary/aromatic N) is 1. The van der Waals surface area contributed by atoms with Crippen molar-refractivity contribution in [3.05, 3.63) is 84.4 Å². The minimum absolute atomic E-state index is 0.0683. The zero-order chi connectivity index (χ0) is 26.5. The van der Waals surface area contributed by atoms with Crippen molar-refractivity contribution in [3.63, 3.8) is 0 Å². The molecule has 0 fully saturated rings. The SMILES string of the molecule is C=C(OC)c1ccc(N[C@@H]2C[C@H](C)N(C(C)=O)c3ccc(-c4cccc(NCCC(C)C)c4)cc32)cc1. The van der Waals surface area contributed by atoms with Crippen LogP contribution in [0.2, 0.25) is 0 Å². The molecule has 5 nitrogen and oxygen atoms in total. The number of amides is 1. The van der Waals surface area contributed by atoms with Gasteiger partial charge in [0.25, 0.3) is 0 Å². The second-order valence-electron chi connectivity index (χ2n) is 10.3. The highest BCUT2D eigenvalue weighted by atomic mass is 16.5. The van der Waals surface area contributed by atoms with E-state index in [-0.39, 0.29) is 18.0 Å². The monoisotopic (exact) mass is 497 g/mol. The van der Waals surface area contributed by atoms with Gasteiger partial charge in [-0.3, -0.25) is 4.79 Å². The number of methoxy groups -OCH3 is 1. The first kappa shape index (κ1) is 26.3. The third-order valence-electron chi connectivity index (χ3n) is 7.06. The van der Waals surface area contributed by atoms with Crippen LogP contribution in [0.1, 0.15) is 57.7 Å². The summed E-state index contributed by atoms with van der Waals surface area (Å²) in [4.78, 5) is 14.5. The zero-order valence-corrected chi connectivity index (χ0v) is 22.7. The summed E-state index contributed by atoms with van der Waals surface area (Å²) in [5.41, 5.74) is 7.51. The molecule has 0 unspecified atom stereocenters. The van der Waals surface area contributed by atoms with Crippen LogP contribution in [0.4, 0.5) is 17.1 Å². The summed E-state index contributed by atoms with van der Waals surface area (Å²) >= 11 is 0. The van der Waals surface area contributed by atoms with Crippen molar-refractivity contribution in [1.29, 1.82) is 0 Å². The number of ether oxygens (including phenoxy) is 1. The van der Waals surface area contributed by atoms with Gasteiger partial charge in [0.05, 0.1) is 13.2 Å². The molecule has 0 aliphatic carbocycles. The number of nitrogens with one attached hydrogen (secondary N) is 2. The Morgan fingerprint density at radius 1 is 1.05 bits per heavy atom. The van der Waals surface area contributed by atoms with Crippen LogP contribution in [-0.2, 0) is 9.53 Å². The number of rotatable bonds is 9. The number of carbonyl (C=O) groups excluding carboxylic acids is 1. The number of anilines is 3. The predicted molar refractivity (Wildman–Crippen MR) is 156 cm³/mol. The van der Waals surface area contributed by atoms with Crippen LogP contribution in [0.25, 0.3) is 16.9 Å². The maximum Gasteiger partial charge on any atom is 0.224 e. The van der Waals surface area contributed by atoms with Gasteiger partial charge in [0.1, 0.15) is 5.76 Å². The van der Waals surface area contributed by atoms with Crippen LogP contribution in [0.15, 0.2) is 73.3 Å². The molecule has 0 aromatic heterocycles. The Morgan fingerprint density at radius 3 is 2.46 bits per heavy atom. The van der Waals surface area contributed by atoms with Gasteiger partial charge in [-0.05, 0) is 90.9 Å². The van der Waals surface area contributed by atoms with Crippen molar-refractivity contribution in [1.82, 2.24) is 0 Å². The van der Waals surface area contributed by atoms with E-state index in [0.717, 1.165) is 58.7 Å². The molecular formula is C32H39N3O2. The van der Waals surface area contributed by atoms with E-state index in [9.17, 15) is 4.79 Å². The molecule has 1 aliphatic rings. The van der Waals surface area contributed by atoms with Gasteiger partial charge in [0, 0.05) is 42.1 Å². The fourth-order valence-corrected chi connectivity index (χ4v) is 5.05. The van der Waals surface area contributed by atoms with E-state index in [1.165, 1.54) is 0 Å². The molecule has 1 amide bonds. The third kappa shape index (κ3) is 6.16. The lowest BCUT2D eigenvalue weighted by Gasteiger charge is -2.39. The minimum atomic E-state index is 0.0683. The molecule has 3 aromatic rings. The van der Waals surface area contributed by atoms with E-state index < -0.39 is 0 Å². The van der Waals surface area contributed by atoms with E-state index >= 15 is 0 Å². The van der Waals surface area contributed by atoms with Gasteiger partial charge >= 0.3 is 0 Å². The molecule has 1 aliphatic heterocycles. The number of hydrogen-bond donors (Lipinski definition) is 2. The molecule has 3 aromatic carbocycles. The molecule has 0 radical (unpaired) electrons. The predicted octanol–water partition coefficient (Wildman–Crippen LogP) is 7.73. The Hall–Kier alpha value is -3.73. The average Bonchev–Trinajstić information content (AvgIpc) is 2.88. The molecule has 0 saturated carbocycles. The summed E-state index contributed by atoms with van der Waals surface area (Å²) in [6.45, 7) is 13.1. The fraction of sp³-hybridized carbons (Fsp3) is 0.344. The van der Waals surface area contributed by atoms with Crippen LogP contribution >= 0.6 is 0 Å². The van der Waals surface area contributed by atoms with Gasteiger partial charge in [0.15, 0.2) is 0 Å². The highest BCUT2D eigenvalue weighted by Crippen LogP contribution is 2.41. The molecule has 2 atom stereocenters. The summed E-state index contributed by atoms with van der Waals surface area (Å²) in [6.07, 6.45) is 1.95. The third-order valence-corrected chi connectivity index (χ3v) is 7.06. The van der Waals surface area contributed by atoms with E-state index in [0.29, 0.717) is 11.7 Å². The standard InChI is InChI=1S/C32H39N3O2/c1-21(2)16-17-33-29-9-7-8-26(19-29)27-12-15-32-30(20-27)31(18-22(3)35(32)24(5)36)34-28-13-10-25(11-14-28)23(4)37-6/h7-15,19-22,31,33-34H,4,16-18H2,1-3,5-6H3/t22-,31+/m0/s1. The van der Waals surface area contributed by atoms with Crippen molar-refractivity contribution in [3.8, 4) is 11.1 Å². The first-order chi connectivity index (χ1) is 17.8. The van der Waals surface area contributed by atoms with Crippen molar-refractivity contribution in [2.75, 3.05) is 29.2 Å². The second-order valence-corrected chi connectivity index (χ2v) is 10.3. The summed E-state index contributed by atoms with van der Waals surface area (Å²) in [6, 6.07) is 23.3. The largest absolute Gasteiger partial charge is 0.497 e. The Balaban J connectivity index is 1.65. The highest BCUT2D eigenvalue weighted by molar-refractivity contribution is 5.94. The Morgan fingerprint density at radius 2 is 1.78 bits per heavy atom. The average molecular weight is 498 g/mol. The topological polar surface area (TPSA) is 53.6 Å². The Bertz CT molecular complexity index is 1250. The molecule has 37 heavy (non-hydrogen) atoms. The number of carbonyl (C=O) groups is 1. The van der Waals surface area contributed by atoms with Crippen LogP contribution in [-0.4, -0.2) is 25.6 Å². The van der Waals surface area contributed by atoms with Crippen LogP contribution in [0, 0.1) is 5.92 Å². The second kappa shape index (κ2) is 11.5. The maximum absolute atomic E-state index is 12.6. The lowest BCUT2D eigenvalue weighted by molar-refractivity contribution is -0.117. The summed E-state index contributed by atoms with van der Waals surface area (Å²) in [5.74, 6) is 1.38. The quantitative estimate of drug-likeness (QED) is 0.297. The molecule has 0 saturated heterocycles. The lowest BCUT2D eigenvalue weighted by Crippen LogP contribution is -2.43. The van der Waals surface area contributed by atoms with Crippen LogP contribution in [0.3, 0.4) is 0 Å². The van der Waals surface area contributed by atoms with Gasteiger partial charge in [-0.2, -0.15) is 0 Å². The summed E-state index contributed by atoms with van der Waals surface area (Å²) in [5, 5.41) is 7.27. The van der Waals surface area contributed by atoms with E-state index in [4.69, 9.17) is 4.74 Å². The maximum atomic E-state index is 12.6. The van der Waals surface area contributed by atoms with E-state index in [1.807, 2.05) is 17.0 Å². The Kier molecular flexibility index (Phi) is 8.22. The van der Waals surface area contributed by atoms with Gasteiger partial charge in [-0.15, -0.1) is 0 Å². The van der Waals surface area contributed by atoms with E-state index in [1.54, 1.807) is 14.0 Å². The van der Waals surface area contributed by atoms with E-state index in [2.05, 4.69) is 92.6 Å². The van der Waals surface area contributed by atoms with Gasteiger partial charge in [-0.25, -0.2) is 0 Å².